The van der Waals surface area contributed by atoms with Crippen molar-refractivity contribution >= 4 is 0 Å². The third kappa shape index (κ3) is 3.87. The zero-order chi connectivity index (χ0) is 16.3. The Labute approximate surface area is 139 Å². The molecule has 0 aromatic rings. The van der Waals surface area contributed by atoms with Crippen LogP contribution in [0, 0.1) is 29.1 Å². The van der Waals surface area contributed by atoms with E-state index in [-0.39, 0.29) is 0 Å². The van der Waals surface area contributed by atoms with Gasteiger partial charge in [0.15, 0.2) is 0 Å². The van der Waals surface area contributed by atoms with Crippen LogP contribution < -0.4 is 0 Å². The van der Waals surface area contributed by atoms with Crippen LogP contribution in [-0.2, 0) is 0 Å². The summed E-state index contributed by atoms with van der Waals surface area (Å²) >= 11 is 0. The molecule has 0 aromatic heterocycles. The third-order valence-corrected chi connectivity index (χ3v) is 6.84. The largest absolute Gasteiger partial charge is 0.0816 e. The molecule has 0 heteroatoms. The summed E-state index contributed by atoms with van der Waals surface area (Å²) in [5, 5.41) is 0. The lowest BCUT2D eigenvalue weighted by Gasteiger charge is -2.46. The van der Waals surface area contributed by atoms with Crippen molar-refractivity contribution in [2.45, 2.75) is 86.5 Å². The molecule has 2 saturated carbocycles. The van der Waals surface area contributed by atoms with Gasteiger partial charge in [-0.2, -0.15) is 0 Å². The third-order valence-electron chi connectivity index (χ3n) is 6.84. The normalized spacial score (nSPS) is 36.8. The Morgan fingerprint density at radius 3 is 2.59 bits per heavy atom. The van der Waals surface area contributed by atoms with Gasteiger partial charge in [-0.1, -0.05) is 56.9 Å². The van der Waals surface area contributed by atoms with E-state index >= 15 is 0 Å². The number of allylic oxidation sites excluding steroid dienone is 4. The summed E-state index contributed by atoms with van der Waals surface area (Å²) < 4.78 is 0. The molecule has 0 bridgehead atoms. The van der Waals surface area contributed by atoms with Crippen LogP contribution in [0.4, 0.5) is 0 Å². The minimum Gasteiger partial charge on any atom is -0.0816 e. The van der Waals surface area contributed by atoms with Crippen LogP contribution in [0.3, 0.4) is 0 Å². The lowest BCUT2D eigenvalue weighted by molar-refractivity contribution is 0.0354. The highest BCUT2D eigenvalue weighted by Crippen LogP contribution is 2.59. The molecule has 0 aliphatic heterocycles. The molecule has 0 amide bonds. The first-order valence-electron chi connectivity index (χ1n) is 9.66. The van der Waals surface area contributed by atoms with Crippen LogP contribution in [0.1, 0.15) is 86.5 Å². The topological polar surface area (TPSA) is 0 Å². The van der Waals surface area contributed by atoms with E-state index in [1.165, 1.54) is 56.1 Å². The average Bonchev–Trinajstić information content (AvgIpc) is 2.76. The minimum absolute atomic E-state index is 0.649. The van der Waals surface area contributed by atoms with E-state index in [4.69, 9.17) is 0 Å². The van der Waals surface area contributed by atoms with Gasteiger partial charge in [0.1, 0.15) is 0 Å². The molecule has 2 rings (SSSR count). The van der Waals surface area contributed by atoms with Gasteiger partial charge in [0.25, 0.3) is 0 Å². The molecule has 0 heterocycles. The van der Waals surface area contributed by atoms with Crippen LogP contribution in [0.5, 0.6) is 0 Å². The first-order chi connectivity index (χ1) is 10.3. The zero-order valence-corrected chi connectivity index (χ0v) is 15.9. The molecule has 0 radical (unpaired) electrons. The molecule has 0 nitrogen and oxygen atoms in total. The van der Waals surface area contributed by atoms with E-state index in [0.29, 0.717) is 5.41 Å². The lowest BCUT2D eigenvalue weighted by Crippen LogP contribution is -2.38. The van der Waals surface area contributed by atoms with E-state index in [2.05, 4.69) is 53.7 Å². The molecule has 5 atom stereocenters. The highest BCUT2D eigenvalue weighted by molar-refractivity contribution is 5.19. The summed E-state index contributed by atoms with van der Waals surface area (Å²) in [6.45, 7) is 14.3. The molecule has 0 spiro atoms. The van der Waals surface area contributed by atoms with Crippen LogP contribution >= 0.6 is 0 Å². The van der Waals surface area contributed by atoms with Gasteiger partial charge in [-0.25, -0.2) is 0 Å². The minimum atomic E-state index is 0.649. The molecule has 2 aliphatic rings. The Bertz CT molecular complexity index is 423. The average molecular weight is 303 g/mol. The molecule has 0 saturated heterocycles. The Hall–Kier alpha value is -0.520. The van der Waals surface area contributed by atoms with Gasteiger partial charge in [-0.15, -0.1) is 0 Å². The van der Waals surface area contributed by atoms with Crippen molar-refractivity contribution in [2.75, 3.05) is 0 Å². The number of rotatable bonds is 5. The van der Waals surface area contributed by atoms with Crippen molar-refractivity contribution in [3.05, 3.63) is 23.3 Å². The second-order valence-electron chi connectivity index (χ2n) is 8.89. The summed E-state index contributed by atoms with van der Waals surface area (Å²) in [6, 6.07) is 0. The number of hydrogen-bond acceptors (Lipinski definition) is 0. The Kier molecular flexibility index (Phi) is 5.97. The second-order valence-corrected chi connectivity index (χ2v) is 8.89. The molecule has 2 aliphatic carbocycles. The lowest BCUT2D eigenvalue weighted by atomic mass is 9.59. The molecule has 126 valence electrons. The van der Waals surface area contributed by atoms with Gasteiger partial charge in [-0.3, -0.25) is 0 Å². The molecular weight excluding hydrogens is 264 g/mol. The molecule has 0 N–H and O–H groups in total. The van der Waals surface area contributed by atoms with Crippen LogP contribution in [0.15, 0.2) is 23.3 Å². The highest BCUT2D eigenvalue weighted by atomic mass is 14.6. The van der Waals surface area contributed by atoms with Gasteiger partial charge in [0, 0.05) is 0 Å². The van der Waals surface area contributed by atoms with Crippen LogP contribution in [-0.4, -0.2) is 0 Å². The van der Waals surface area contributed by atoms with E-state index in [9.17, 15) is 0 Å². The SMILES string of the molecule is CC(C)=CC(C)=CCCC(C)C1CCC2[C@H](C)CCC[C@@]12C. The standard InChI is InChI=1S/C22H38/c1-16(2)15-17(3)9-7-10-18(4)20-12-13-21-19(5)11-8-14-22(20,21)6/h9,15,18-21H,7-8,10-14H2,1-6H3/t18?,19-,20?,21?,22+/m1/s1. The Morgan fingerprint density at radius 1 is 1.18 bits per heavy atom. The zero-order valence-electron chi connectivity index (χ0n) is 15.9. The molecular formula is C22H38. The van der Waals surface area contributed by atoms with Gasteiger partial charge in [0.05, 0.1) is 0 Å². The van der Waals surface area contributed by atoms with Crippen LogP contribution in [0.2, 0.25) is 0 Å². The van der Waals surface area contributed by atoms with Crippen molar-refractivity contribution in [2.24, 2.45) is 29.1 Å². The van der Waals surface area contributed by atoms with E-state index < -0.39 is 0 Å². The maximum atomic E-state index is 2.63. The van der Waals surface area contributed by atoms with Gasteiger partial charge in [0.2, 0.25) is 0 Å². The molecule has 3 unspecified atom stereocenters. The Balaban J connectivity index is 1.93. The summed E-state index contributed by atoms with van der Waals surface area (Å²) in [6.07, 6.45) is 14.8. The fourth-order valence-electron chi connectivity index (χ4n) is 5.83. The quantitative estimate of drug-likeness (QED) is 0.472. The van der Waals surface area contributed by atoms with E-state index in [1.807, 2.05) is 0 Å². The smallest absolute Gasteiger partial charge is 0.0264 e. The summed E-state index contributed by atoms with van der Waals surface area (Å²) in [4.78, 5) is 0. The highest BCUT2D eigenvalue weighted by Gasteiger charge is 2.50. The van der Waals surface area contributed by atoms with E-state index in [1.54, 1.807) is 0 Å². The van der Waals surface area contributed by atoms with Gasteiger partial charge >= 0.3 is 0 Å². The fourth-order valence-corrected chi connectivity index (χ4v) is 5.83. The van der Waals surface area contributed by atoms with Gasteiger partial charge in [-0.05, 0) is 82.0 Å². The summed E-state index contributed by atoms with van der Waals surface area (Å²) in [5.41, 5.74) is 3.49. The van der Waals surface area contributed by atoms with Crippen molar-refractivity contribution in [3.63, 3.8) is 0 Å². The van der Waals surface area contributed by atoms with Gasteiger partial charge < -0.3 is 0 Å². The van der Waals surface area contributed by atoms with Crippen molar-refractivity contribution < 1.29 is 0 Å². The van der Waals surface area contributed by atoms with Crippen molar-refractivity contribution in [1.82, 2.24) is 0 Å². The summed E-state index contributed by atoms with van der Waals surface area (Å²) in [5.74, 6) is 3.83. The van der Waals surface area contributed by atoms with Crippen LogP contribution in [0.25, 0.3) is 0 Å². The summed E-state index contributed by atoms with van der Waals surface area (Å²) in [7, 11) is 0. The molecule has 22 heavy (non-hydrogen) atoms. The predicted octanol–water partition coefficient (Wildman–Crippen LogP) is 7.17. The molecule has 0 aromatic carbocycles. The van der Waals surface area contributed by atoms with Crippen molar-refractivity contribution in [3.8, 4) is 0 Å². The van der Waals surface area contributed by atoms with Crippen molar-refractivity contribution in [1.29, 1.82) is 0 Å². The second kappa shape index (κ2) is 7.37. The maximum absolute atomic E-state index is 2.63. The first-order valence-corrected chi connectivity index (χ1v) is 9.66. The van der Waals surface area contributed by atoms with E-state index in [0.717, 1.165) is 23.7 Å². The number of hydrogen-bond donors (Lipinski definition) is 0. The fraction of sp³-hybridized carbons (Fsp3) is 0.818. The molecule has 2 fully saturated rings. The maximum Gasteiger partial charge on any atom is -0.0264 e. The number of fused-ring (bicyclic) bond motifs is 1. The Morgan fingerprint density at radius 2 is 1.91 bits per heavy atom. The first kappa shape index (κ1) is 17.8. The monoisotopic (exact) mass is 302 g/mol. The predicted molar refractivity (Wildman–Crippen MR) is 98.9 cm³/mol.